The second-order valence-corrected chi connectivity index (χ2v) is 6.31. The van der Waals surface area contributed by atoms with Gasteiger partial charge in [0.2, 0.25) is 0 Å². The Kier molecular flexibility index (Phi) is 5.56. The summed E-state index contributed by atoms with van der Waals surface area (Å²) >= 11 is 0. The molecule has 0 radical (unpaired) electrons. The number of benzene rings is 2. The number of furan rings is 1. The second-order valence-electron chi connectivity index (χ2n) is 6.31. The number of ether oxygens (including phenoxy) is 1. The van der Waals surface area contributed by atoms with Crippen LogP contribution in [-0.2, 0) is 6.54 Å². The zero-order valence-corrected chi connectivity index (χ0v) is 15.8. The van der Waals surface area contributed by atoms with Crippen molar-refractivity contribution in [2.45, 2.75) is 6.54 Å². The molecule has 2 amide bonds. The number of aromatic nitrogens is 2. The molecule has 3 N–H and O–H groups in total. The van der Waals surface area contributed by atoms with Gasteiger partial charge in [-0.05, 0) is 48.5 Å². The molecule has 4 aromatic rings. The van der Waals surface area contributed by atoms with E-state index in [-0.39, 0.29) is 23.8 Å². The highest BCUT2D eigenvalue weighted by Gasteiger charge is 2.17. The molecule has 2 aromatic heterocycles. The van der Waals surface area contributed by atoms with E-state index in [1.54, 1.807) is 36.4 Å². The van der Waals surface area contributed by atoms with Gasteiger partial charge in [0, 0.05) is 5.56 Å². The Bertz CT molecular complexity index is 1120. The van der Waals surface area contributed by atoms with E-state index in [0.29, 0.717) is 22.8 Å². The number of carbonyl (C=O) groups is 2. The highest BCUT2D eigenvalue weighted by molar-refractivity contribution is 6.08. The van der Waals surface area contributed by atoms with E-state index in [9.17, 15) is 9.59 Å². The van der Waals surface area contributed by atoms with Gasteiger partial charge in [0.05, 0.1) is 24.7 Å². The zero-order valence-electron chi connectivity index (χ0n) is 15.8. The van der Waals surface area contributed by atoms with Crippen LogP contribution in [0.4, 0.5) is 5.69 Å². The van der Waals surface area contributed by atoms with Gasteiger partial charge >= 0.3 is 0 Å². The lowest BCUT2D eigenvalue weighted by Gasteiger charge is -2.08. The molecule has 8 heteroatoms. The van der Waals surface area contributed by atoms with Crippen LogP contribution in [0.2, 0.25) is 0 Å². The fourth-order valence-electron chi connectivity index (χ4n) is 2.72. The predicted molar refractivity (Wildman–Crippen MR) is 109 cm³/mol. The first-order chi connectivity index (χ1) is 14.7. The van der Waals surface area contributed by atoms with Gasteiger partial charge in [-0.25, -0.2) is 0 Å². The number of carbonyl (C=O) groups excluding carboxylic acids is 2. The molecule has 0 aliphatic rings. The lowest BCUT2D eigenvalue weighted by Crippen LogP contribution is -2.24. The molecule has 0 aliphatic heterocycles. The van der Waals surface area contributed by atoms with E-state index in [0.717, 1.165) is 0 Å². The van der Waals surface area contributed by atoms with Gasteiger partial charge in [0.15, 0.2) is 0 Å². The molecule has 150 valence electrons. The second kappa shape index (κ2) is 8.78. The van der Waals surface area contributed by atoms with Crippen LogP contribution in [0.1, 0.15) is 26.6 Å². The van der Waals surface area contributed by atoms with Crippen LogP contribution in [0.5, 0.6) is 11.5 Å². The van der Waals surface area contributed by atoms with Gasteiger partial charge in [-0.3, -0.25) is 14.7 Å². The number of nitrogens with zero attached hydrogens (tertiary/aromatic N) is 1. The molecule has 0 fully saturated rings. The van der Waals surface area contributed by atoms with Crippen LogP contribution in [-0.4, -0.2) is 22.0 Å². The highest BCUT2D eigenvalue weighted by Crippen LogP contribution is 2.22. The van der Waals surface area contributed by atoms with Crippen molar-refractivity contribution >= 4 is 17.5 Å². The average Bonchev–Trinajstić information content (AvgIpc) is 3.45. The lowest BCUT2D eigenvalue weighted by molar-refractivity contribution is 0.0944. The van der Waals surface area contributed by atoms with Gasteiger partial charge < -0.3 is 19.8 Å². The molecule has 4 rings (SSSR count). The third-order valence-corrected chi connectivity index (χ3v) is 4.21. The number of H-pyrrole nitrogens is 1. The average molecular weight is 402 g/mol. The number of nitrogens with one attached hydrogen (secondary N) is 3. The Morgan fingerprint density at radius 1 is 0.933 bits per heavy atom. The molecule has 0 aliphatic carbocycles. The van der Waals surface area contributed by atoms with Gasteiger partial charge in [-0.1, -0.05) is 18.2 Å². The van der Waals surface area contributed by atoms with E-state index in [4.69, 9.17) is 9.15 Å². The van der Waals surface area contributed by atoms with Gasteiger partial charge in [0.1, 0.15) is 23.0 Å². The van der Waals surface area contributed by atoms with Gasteiger partial charge in [-0.15, -0.1) is 0 Å². The molecule has 0 bridgehead atoms. The third-order valence-electron chi connectivity index (χ3n) is 4.21. The number of para-hydroxylation sites is 1. The largest absolute Gasteiger partial charge is 0.467 e. The molecular weight excluding hydrogens is 384 g/mol. The number of anilines is 1. The number of hydrogen-bond acceptors (Lipinski definition) is 5. The van der Waals surface area contributed by atoms with E-state index in [2.05, 4.69) is 20.8 Å². The first-order valence-corrected chi connectivity index (χ1v) is 9.17. The third kappa shape index (κ3) is 4.56. The Hall–Kier alpha value is -4.33. The summed E-state index contributed by atoms with van der Waals surface area (Å²) in [4.78, 5) is 24.9. The number of amides is 2. The van der Waals surface area contributed by atoms with Crippen molar-refractivity contribution in [1.82, 2.24) is 15.5 Å². The first-order valence-electron chi connectivity index (χ1n) is 9.17. The van der Waals surface area contributed by atoms with E-state index >= 15 is 0 Å². The number of aromatic amines is 1. The summed E-state index contributed by atoms with van der Waals surface area (Å²) in [5.41, 5.74) is 0.846. The minimum Gasteiger partial charge on any atom is -0.467 e. The molecule has 2 aromatic carbocycles. The molecule has 8 nitrogen and oxygen atoms in total. The molecule has 0 saturated carbocycles. The molecule has 0 saturated heterocycles. The summed E-state index contributed by atoms with van der Waals surface area (Å²) in [6.07, 6.45) is 2.91. The first kappa shape index (κ1) is 19.0. The fraction of sp³-hybridized carbons (Fsp3) is 0.0455. The van der Waals surface area contributed by atoms with Crippen LogP contribution in [0.15, 0.2) is 83.6 Å². The SMILES string of the molecule is O=C(Nc1cn[nH]c1C(=O)NCc1ccco1)c1ccc(Oc2ccccc2)cc1. The maximum Gasteiger partial charge on any atom is 0.271 e. The Morgan fingerprint density at radius 2 is 1.70 bits per heavy atom. The Labute approximate surface area is 171 Å². The van der Waals surface area contributed by atoms with Crippen LogP contribution in [0.25, 0.3) is 0 Å². The molecule has 0 atom stereocenters. The van der Waals surface area contributed by atoms with Crippen LogP contribution < -0.4 is 15.4 Å². The van der Waals surface area contributed by atoms with Crippen molar-refractivity contribution < 1.29 is 18.7 Å². The number of hydrogen-bond donors (Lipinski definition) is 3. The Morgan fingerprint density at radius 3 is 2.43 bits per heavy atom. The minimum atomic E-state index is -0.411. The van der Waals surface area contributed by atoms with Crippen molar-refractivity contribution in [2.24, 2.45) is 0 Å². The van der Waals surface area contributed by atoms with Crippen molar-refractivity contribution in [2.75, 3.05) is 5.32 Å². The summed E-state index contributed by atoms with van der Waals surface area (Å²) in [5, 5.41) is 11.8. The smallest absolute Gasteiger partial charge is 0.271 e. The molecule has 30 heavy (non-hydrogen) atoms. The highest BCUT2D eigenvalue weighted by atomic mass is 16.5. The Balaban J connectivity index is 1.38. The molecule has 0 unspecified atom stereocenters. The summed E-state index contributed by atoms with van der Waals surface area (Å²) in [5.74, 6) is 1.15. The van der Waals surface area contributed by atoms with Crippen molar-refractivity contribution in [3.63, 3.8) is 0 Å². The summed E-state index contributed by atoms with van der Waals surface area (Å²) in [6.45, 7) is 0.223. The molecule has 0 spiro atoms. The lowest BCUT2D eigenvalue weighted by atomic mass is 10.2. The summed E-state index contributed by atoms with van der Waals surface area (Å²) in [6, 6.07) is 19.5. The van der Waals surface area contributed by atoms with Crippen molar-refractivity contribution in [3.05, 3.63) is 96.2 Å². The van der Waals surface area contributed by atoms with E-state index in [1.165, 1.54) is 12.5 Å². The monoisotopic (exact) mass is 402 g/mol. The zero-order chi connectivity index (χ0) is 20.8. The van der Waals surface area contributed by atoms with Crippen molar-refractivity contribution in [3.8, 4) is 11.5 Å². The van der Waals surface area contributed by atoms with Gasteiger partial charge in [-0.2, -0.15) is 5.10 Å². The maximum atomic E-state index is 12.6. The standard InChI is InChI=1S/C22H18N4O4/c27-21(15-8-10-17(11-9-15)30-16-5-2-1-3-6-16)25-19-14-24-26-20(19)22(28)23-13-18-7-4-12-29-18/h1-12,14H,13H2,(H,23,28)(H,24,26)(H,25,27). The maximum absolute atomic E-state index is 12.6. The van der Waals surface area contributed by atoms with Crippen molar-refractivity contribution in [1.29, 1.82) is 0 Å². The van der Waals surface area contributed by atoms with Crippen LogP contribution in [0.3, 0.4) is 0 Å². The topological polar surface area (TPSA) is 109 Å². The predicted octanol–water partition coefficient (Wildman–Crippen LogP) is 3.98. The molecular formula is C22H18N4O4. The number of rotatable bonds is 7. The van der Waals surface area contributed by atoms with Crippen LogP contribution in [0, 0.1) is 0 Å². The normalized spacial score (nSPS) is 10.4. The van der Waals surface area contributed by atoms with E-state index in [1.807, 2.05) is 30.3 Å². The minimum absolute atomic E-state index is 0.152. The fourth-order valence-corrected chi connectivity index (χ4v) is 2.72. The van der Waals surface area contributed by atoms with E-state index < -0.39 is 5.91 Å². The molecule has 2 heterocycles. The van der Waals surface area contributed by atoms with Gasteiger partial charge in [0.25, 0.3) is 11.8 Å². The summed E-state index contributed by atoms with van der Waals surface area (Å²) in [7, 11) is 0. The van der Waals surface area contributed by atoms with Crippen LogP contribution >= 0.6 is 0 Å². The summed E-state index contributed by atoms with van der Waals surface area (Å²) < 4.78 is 10.9. The quantitative estimate of drug-likeness (QED) is 0.433.